The molecule has 3 saturated carbocycles. The number of hydrogen-bond donors (Lipinski definition) is 5. The van der Waals surface area contributed by atoms with Crippen LogP contribution in [0.15, 0.2) is 311 Å². The fraction of sp³-hybridized carbons (Fsp3) is 0.287. The Kier molecular flexibility index (Phi) is 30.5. The van der Waals surface area contributed by atoms with Crippen LogP contribution in [-0.4, -0.2) is 28.9 Å². The number of benzene rings is 12. The van der Waals surface area contributed by atoms with Gasteiger partial charge in [0, 0.05) is 40.6 Å². The van der Waals surface area contributed by atoms with Crippen molar-refractivity contribution in [1.29, 1.82) is 0 Å². The Morgan fingerprint density at radius 3 is 0.966 bits per heavy atom. The van der Waals surface area contributed by atoms with E-state index in [4.69, 9.17) is 57.1 Å². The van der Waals surface area contributed by atoms with Crippen molar-refractivity contribution >= 4 is 36.7 Å². The summed E-state index contributed by atoms with van der Waals surface area (Å²) in [5.41, 5.74) is 36.7. The van der Waals surface area contributed by atoms with Crippen LogP contribution in [0, 0.1) is 56.3 Å². The molecule has 3 aliphatic carbocycles. The van der Waals surface area contributed by atoms with Gasteiger partial charge in [-0.1, -0.05) is 145 Å². The third-order valence-corrected chi connectivity index (χ3v) is 26.0. The second-order valence-corrected chi connectivity index (χ2v) is 36.5. The molecule has 12 aromatic rings. The molecule has 0 bridgehead atoms. The molecule has 118 heavy (non-hydrogen) atoms. The highest BCUT2D eigenvalue weighted by Crippen LogP contribution is 2.42. The number of aryl methyl sites for hydroxylation is 3. The smallest absolute Gasteiger partial charge is 0.206 e. The molecule has 0 amide bonds. The normalized spacial score (nSPS) is 18.4. The van der Waals surface area contributed by atoms with Gasteiger partial charge in [0.15, 0.2) is 0 Å². The summed E-state index contributed by atoms with van der Waals surface area (Å²) in [6, 6.07) is 87.6. The molecule has 8 atom stereocenters. The van der Waals surface area contributed by atoms with Gasteiger partial charge in [0.2, 0.25) is 19.7 Å². The quantitative estimate of drug-likeness (QED) is 0.0445. The first kappa shape index (κ1) is 87.5. The van der Waals surface area contributed by atoms with Gasteiger partial charge in [-0.05, 0) is 336 Å². The Balaban J connectivity index is 0.000000152. The Bertz CT molecular complexity index is 5030. The van der Waals surface area contributed by atoms with E-state index in [0.29, 0.717) is 69.5 Å². The van der Waals surface area contributed by atoms with Gasteiger partial charge in [-0.25, -0.2) is 16.8 Å². The summed E-state index contributed by atoms with van der Waals surface area (Å²) < 4.78 is 86.7. The number of anilines is 3. The van der Waals surface area contributed by atoms with Crippen molar-refractivity contribution in [3.63, 3.8) is 0 Å². The molecule has 0 radical (unpaired) electrons. The van der Waals surface area contributed by atoms with Crippen LogP contribution in [0.1, 0.15) is 140 Å². The average Bonchev–Trinajstić information content (AvgIpc) is 0.806. The van der Waals surface area contributed by atoms with Crippen LogP contribution in [0.2, 0.25) is 0 Å². The zero-order chi connectivity index (χ0) is 83.9. The standard InChI is InChI=1S/C28H27NO2.2C25H21NO4S.C16H31N.C7H15N/c1-20-4-12-24(13-5-20)30-25-14-6-21(7-15-25)28(2,3)22-8-16-26(17-9-22)31-27-18-10-23(29)11-19-27;1-18-2-6-20(7-3-18)29-22-10-14-24(15-11-22)31(27,28)25-16-12-23(13-17-25)30-21-8-4-19(26)5-9-21;1-18-4-2-6-22(16-18)29-20-8-12-24(13-9-20)31(27,28)25-14-10-21(11-15-25)30-23-7-3-5-19(26)17-23;1-11-4-5-14(8-12(11)2)10-15-6-7-16(17)13(3)9-15;1-6-3-2-4-7(8)5-6/h4-19H,29H2,1-3H3;2*2-17H,26H2,1H3;11-16H,4-10,17H2,1-3H3;6-7H,2-5,8H2,1H3. The van der Waals surface area contributed by atoms with Gasteiger partial charge in [-0.3, -0.25) is 0 Å². The predicted molar refractivity (Wildman–Crippen MR) is 479 cm³/mol. The van der Waals surface area contributed by atoms with Gasteiger partial charge in [0.05, 0.1) is 19.6 Å². The highest BCUT2D eigenvalue weighted by Gasteiger charge is 2.31. The lowest BCUT2D eigenvalue weighted by atomic mass is 9.69. The molecule has 616 valence electrons. The predicted octanol–water partition coefficient (Wildman–Crippen LogP) is 25.2. The summed E-state index contributed by atoms with van der Waals surface area (Å²) in [7, 11) is -7.32. The molecule has 0 heterocycles. The van der Waals surface area contributed by atoms with Crippen LogP contribution in [0.4, 0.5) is 17.1 Å². The lowest BCUT2D eigenvalue weighted by Gasteiger charge is -2.37. The van der Waals surface area contributed by atoms with Crippen LogP contribution in [0.3, 0.4) is 0 Å². The Morgan fingerprint density at radius 1 is 0.314 bits per heavy atom. The molecule has 0 aliphatic heterocycles. The second kappa shape index (κ2) is 41.2. The third-order valence-electron chi connectivity index (χ3n) is 22.4. The summed E-state index contributed by atoms with van der Waals surface area (Å²) in [4.78, 5) is 0.744. The zero-order valence-corrected chi connectivity index (χ0v) is 71.0. The van der Waals surface area contributed by atoms with Crippen molar-refractivity contribution in [3.8, 4) is 69.0 Å². The van der Waals surface area contributed by atoms with Crippen LogP contribution < -0.4 is 57.1 Å². The maximum absolute atomic E-state index is 13.0. The van der Waals surface area contributed by atoms with Gasteiger partial charge in [0.25, 0.3) is 0 Å². The first-order valence-corrected chi connectivity index (χ1v) is 44.0. The minimum absolute atomic E-state index is 0.151. The molecule has 15 rings (SSSR count). The van der Waals surface area contributed by atoms with E-state index < -0.39 is 19.7 Å². The van der Waals surface area contributed by atoms with E-state index in [1.165, 1.54) is 136 Å². The first-order chi connectivity index (χ1) is 56.5. The van der Waals surface area contributed by atoms with E-state index >= 15 is 0 Å². The zero-order valence-electron chi connectivity index (χ0n) is 69.4. The van der Waals surface area contributed by atoms with E-state index in [0.717, 1.165) is 75.3 Å². The van der Waals surface area contributed by atoms with Crippen molar-refractivity contribution in [2.75, 3.05) is 17.2 Å². The van der Waals surface area contributed by atoms with Gasteiger partial charge in [-0.2, -0.15) is 0 Å². The number of hydrogen-bond acceptors (Lipinski definition) is 15. The van der Waals surface area contributed by atoms with Gasteiger partial charge < -0.3 is 57.1 Å². The molecule has 8 unspecified atom stereocenters. The van der Waals surface area contributed by atoms with Crippen molar-refractivity contribution in [2.24, 2.45) is 47.0 Å². The van der Waals surface area contributed by atoms with Crippen molar-refractivity contribution in [3.05, 3.63) is 319 Å². The molecule has 0 saturated heterocycles. The number of rotatable bonds is 20. The summed E-state index contributed by atoms with van der Waals surface area (Å²) in [6.07, 6.45) is 15.2. The molecule has 15 nitrogen and oxygen atoms in total. The van der Waals surface area contributed by atoms with E-state index in [-0.39, 0.29) is 25.0 Å². The highest BCUT2D eigenvalue weighted by molar-refractivity contribution is 7.91. The SMILES string of the molecule is CC1CCC(CC2CCC(N)C(C)C2)CC1C.CC1CCCC(N)C1.Cc1ccc(Oc2ccc(C(C)(C)c3ccc(Oc4ccc(N)cc4)cc3)cc2)cc1.Cc1ccc(Oc2ccc(S(=O)(=O)c3ccc(Oc4ccc(N)cc4)cc3)cc2)cc1.Cc1cccc(Oc2ccc(S(=O)(=O)c3ccc(Oc4cccc(N)c4)cc3)cc2)c1. The first-order valence-electron chi connectivity index (χ1n) is 41.0. The number of sulfone groups is 2. The molecule has 3 fully saturated rings. The third kappa shape index (κ3) is 25.8. The fourth-order valence-corrected chi connectivity index (χ4v) is 17.5. The maximum Gasteiger partial charge on any atom is 0.206 e. The van der Waals surface area contributed by atoms with Gasteiger partial charge >= 0.3 is 0 Å². The molecule has 10 N–H and O–H groups in total. The molecule has 0 aromatic heterocycles. The van der Waals surface area contributed by atoms with Crippen LogP contribution in [0.25, 0.3) is 0 Å². The fourth-order valence-electron chi connectivity index (χ4n) is 15.0. The van der Waals surface area contributed by atoms with Crippen molar-refractivity contribution in [1.82, 2.24) is 0 Å². The minimum atomic E-state index is -3.66. The molecule has 3 aliphatic rings. The van der Waals surface area contributed by atoms with Crippen LogP contribution in [0.5, 0.6) is 69.0 Å². The lowest BCUT2D eigenvalue weighted by molar-refractivity contribution is 0.152. The average molecular weight is 1620 g/mol. The molecular weight excluding hydrogens is 1510 g/mol. The molecule has 0 spiro atoms. The monoisotopic (exact) mass is 1620 g/mol. The van der Waals surface area contributed by atoms with E-state index in [1.807, 2.05) is 135 Å². The van der Waals surface area contributed by atoms with Gasteiger partial charge in [-0.15, -0.1) is 0 Å². The maximum atomic E-state index is 13.0. The number of ether oxygens (including phenoxy) is 6. The highest BCUT2D eigenvalue weighted by atomic mass is 32.2. The topological polar surface area (TPSA) is 254 Å². The number of nitrogens with two attached hydrogens (primary N) is 5. The second-order valence-electron chi connectivity index (χ2n) is 32.6. The Hall–Kier alpha value is -11.3. The summed E-state index contributed by atoms with van der Waals surface area (Å²) in [5.74, 6) is 13.6. The minimum Gasteiger partial charge on any atom is -0.457 e. The lowest BCUT2D eigenvalue weighted by Crippen LogP contribution is -2.35. The van der Waals surface area contributed by atoms with Crippen LogP contribution >= 0.6 is 0 Å². The summed E-state index contributed by atoms with van der Waals surface area (Å²) in [5, 5.41) is 0. The van der Waals surface area contributed by atoms with E-state index in [1.54, 1.807) is 97.1 Å². The van der Waals surface area contributed by atoms with E-state index in [9.17, 15) is 16.8 Å². The summed E-state index contributed by atoms with van der Waals surface area (Å²) >= 11 is 0. The number of nitrogen functional groups attached to an aromatic ring is 3. The largest absolute Gasteiger partial charge is 0.457 e. The van der Waals surface area contributed by atoms with Crippen LogP contribution in [-0.2, 0) is 25.1 Å². The molecule has 17 heteroatoms. The molecule has 12 aromatic carbocycles. The Labute approximate surface area is 699 Å². The Morgan fingerprint density at radius 2 is 0.636 bits per heavy atom. The van der Waals surface area contributed by atoms with E-state index in [2.05, 4.69) is 72.7 Å². The van der Waals surface area contributed by atoms with Crippen molar-refractivity contribution < 1.29 is 45.3 Å². The summed E-state index contributed by atoms with van der Waals surface area (Å²) in [6.45, 7) is 20.0. The van der Waals surface area contributed by atoms with Crippen molar-refractivity contribution in [2.45, 2.75) is 170 Å². The van der Waals surface area contributed by atoms with Gasteiger partial charge in [0.1, 0.15) is 69.0 Å². The molecular formula is C101H115N5O10S2.